The minimum Gasteiger partial charge on any atom is -0.330 e. The lowest BCUT2D eigenvalue weighted by Gasteiger charge is -2.06. The van der Waals surface area contributed by atoms with Crippen LogP contribution in [0.4, 0.5) is 5.69 Å². The number of aromatic nitrogens is 2. The fourth-order valence-corrected chi connectivity index (χ4v) is 1.71. The van der Waals surface area contributed by atoms with Gasteiger partial charge in [-0.15, -0.1) is 0 Å². The lowest BCUT2D eigenvalue weighted by molar-refractivity contribution is 0.101. The van der Waals surface area contributed by atoms with E-state index in [4.69, 9.17) is 0 Å². The predicted octanol–water partition coefficient (Wildman–Crippen LogP) is 2.43. The van der Waals surface area contributed by atoms with Crippen molar-refractivity contribution in [3.05, 3.63) is 47.0 Å². The number of para-hydroxylation sites is 1. The van der Waals surface area contributed by atoms with E-state index in [1.807, 2.05) is 24.3 Å². The summed E-state index contributed by atoms with van der Waals surface area (Å²) >= 11 is 3.36. The highest BCUT2D eigenvalue weighted by molar-refractivity contribution is 9.10. The number of aryl methyl sites for hydroxylation is 1. The maximum atomic E-state index is 11.8. The van der Waals surface area contributed by atoms with E-state index in [-0.39, 0.29) is 5.91 Å². The minimum absolute atomic E-state index is 0.223. The number of anilines is 1. The third kappa shape index (κ3) is 2.14. The Bertz CT molecular complexity index is 521. The van der Waals surface area contributed by atoms with E-state index >= 15 is 0 Å². The van der Waals surface area contributed by atoms with Crippen LogP contribution in [0.2, 0.25) is 0 Å². The van der Waals surface area contributed by atoms with Crippen LogP contribution in [0.25, 0.3) is 0 Å². The Labute approximate surface area is 101 Å². The lowest BCUT2D eigenvalue weighted by atomic mass is 10.3. The van der Waals surface area contributed by atoms with E-state index < -0.39 is 0 Å². The number of benzene rings is 1. The zero-order chi connectivity index (χ0) is 11.5. The second-order valence-electron chi connectivity index (χ2n) is 3.30. The third-order valence-electron chi connectivity index (χ3n) is 2.15. The fraction of sp³-hybridized carbons (Fsp3) is 0.0909. The maximum absolute atomic E-state index is 11.8. The van der Waals surface area contributed by atoms with Gasteiger partial charge in [-0.05, 0) is 28.1 Å². The van der Waals surface area contributed by atoms with Gasteiger partial charge < -0.3 is 9.88 Å². The first-order valence-electron chi connectivity index (χ1n) is 4.71. The van der Waals surface area contributed by atoms with Gasteiger partial charge in [-0.2, -0.15) is 0 Å². The molecule has 1 aromatic carbocycles. The molecule has 1 N–H and O–H groups in total. The summed E-state index contributed by atoms with van der Waals surface area (Å²) in [5.41, 5.74) is 0.732. The molecule has 0 spiro atoms. The standard InChI is InChI=1S/C11H10BrN3O/c1-15-7-6-13-10(15)11(16)14-9-5-3-2-4-8(9)12/h2-7H,1H3,(H,14,16). The summed E-state index contributed by atoms with van der Waals surface area (Å²) in [6.45, 7) is 0. The highest BCUT2D eigenvalue weighted by atomic mass is 79.9. The van der Waals surface area contributed by atoms with Gasteiger partial charge in [0.2, 0.25) is 0 Å². The fourth-order valence-electron chi connectivity index (χ4n) is 1.33. The quantitative estimate of drug-likeness (QED) is 0.918. The number of carbonyl (C=O) groups is 1. The van der Waals surface area contributed by atoms with Gasteiger partial charge >= 0.3 is 0 Å². The largest absolute Gasteiger partial charge is 0.330 e. The average Bonchev–Trinajstić information content (AvgIpc) is 2.68. The maximum Gasteiger partial charge on any atom is 0.291 e. The van der Waals surface area contributed by atoms with Crippen LogP contribution < -0.4 is 5.32 Å². The van der Waals surface area contributed by atoms with Crippen LogP contribution >= 0.6 is 15.9 Å². The van der Waals surface area contributed by atoms with Crippen LogP contribution in [0, 0.1) is 0 Å². The summed E-state index contributed by atoms with van der Waals surface area (Å²) in [6, 6.07) is 7.44. The Balaban J connectivity index is 2.21. The summed E-state index contributed by atoms with van der Waals surface area (Å²) in [4.78, 5) is 15.8. The van der Waals surface area contributed by atoms with Crippen molar-refractivity contribution in [3.63, 3.8) is 0 Å². The van der Waals surface area contributed by atoms with Crippen LogP contribution in [-0.4, -0.2) is 15.5 Å². The molecule has 2 rings (SSSR count). The zero-order valence-electron chi connectivity index (χ0n) is 8.64. The third-order valence-corrected chi connectivity index (χ3v) is 2.84. The predicted molar refractivity (Wildman–Crippen MR) is 65.3 cm³/mol. The van der Waals surface area contributed by atoms with Crippen molar-refractivity contribution < 1.29 is 4.79 Å². The molecule has 2 aromatic rings. The second kappa shape index (κ2) is 4.49. The molecular formula is C11H10BrN3O. The van der Waals surface area contributed by atoms with E-state index in [1.165, 1.54) is 0 Å². The second-order valence-corrected chi connectivity index (χ2v) is 4.15. The molecule has 0 radical (unpaired) electrons. The molecular weight excluding hydrogens is 270 g/mol. The molecule has 1 heterocycles. The van der Waals surface area contributed by atoms with Gasteiger partial charge in [-0.1, -0.05) is 12.1 Å². The number of imidazole rings is 1. The molecule has 4 nitrogen and oxygen atoms in total. The normalized spacial score (nSPS) is 10.1. The molecule has 5 heteroatoms. The Kier molecular flexibility index (Phi) is 3.05. The summed E-state index contributed by atoms with van der Waals surface area (Å²) in [5.74, 6) is 0.162. The molecule has 0 unspecified atom stereocenters. The van der Waals surface area contributed by atoms with Gasteiger partial charge in [-0.3, -0.25) is 4.79 Å². The molecule has 0 aliphatic heterocycles. The average molecular weight is 280 g/mol. The Hall–Kier alpha value is -1.62. The highest BCUT2D eigenvalue weighted by Gasteiger charge is 2.11. The van der Waals surface area contributed by atoms with Crippen molar-refractivity contribution in [2.24, 2.45) is 7.05 Å². The van der Waals surface area contributed by atoms with Crippen molar-refractivity contribution in [1.29, 1.82) is 0 Å². The Morgan fingerprint density at radius 1 is 1.44 bits per heavy atom. The molecule has 0 fully saturated rings. The van der Waals surface area contributed by atoms with Gasteiger partial charge in [0, 0.05) is 23.9 Å². The van der Waals surface area contributed by atoms with E-state index in [0.717, 1.165) is 10.2 Å². The molecule has 0 aliphatic carbocycles. The van der Waals surface area contributed by atoms with E-state index in [9.17, 15) is 4.79 Å². The van der Waals surface area contributed by atoms with Crippen LogP contribution in [0.1, 0.15) is 10.6 Å². The van der Waals surface area contributed by atoms with Crippen LogP contribution in [0.15, 0.2) is 41.1 Å². The molecule has 0 saturated heterocycles. The van der Waals surface area contributed by atoms with Crippen LogP contribution in [0.5, 0.6) is 0 Å². The number of halogens is 1. The van der Waals surface area contributed by atoms with E-state index in [0.29, 0.717) is 5.82 Å². The minimum atomic E-state index is -0.223. The molecule has 0 saturated carbocycles. The number of rotatable bonds is 2. The van der Waals surface area contributed by atoms with Crippen LogP contribution in [0.3, 0.4) is 0 Å². The van der Waals surface area contributed by atoms with Crippen molar-refractivity contribution >= 4 is 27.5 Å². The van der Waals surface area contributed by atoms with Crippen molar-refractivity contribution in [2.75, 3.05) is 5.32 Å². The number of hydrogen-bond donors (Lipinski definition) is 1. The zero-order valence-corrected chi connectivity index (χ0v) is 10.2. The van der Waals surface area contributed by atoms with Gasteiger partial charge in [0.05, 0.1) is 5.69 Å². The molecule has 82 valence electrons. The van der Waals surface area contributed by atoms with E-state index in [2.05, 4.69) is 26.2 Å². The Morgan fingerprint density at radius 3 is 2.81 bits per heavy atom. The smallest absolute Gasteiger partial charge is 0.291 e. The van der Waals surface area contributed by atoms with Gasteiger partial charge in [0.15, 0.2) is 5.82 Å². The van der Waals surface area contributed by atoms with Crippen LogP contribution in [-0.2, 0) is 7.05 Å². The van der Waals surface area contributed by atoms with Crippen molar-refractivity contribution in [1.82, 2.24) is 9.55 Å². The Morgan fingerprint density at radius 2 is 2.19 bits per heavy atom. The molecule has 0 bridgehead atoms. The first-order chi connectivity index (χ1) is 7.68. The topological polar surface area (TPSA) is 46.9 Å². The molecule has 16 heavy (non-hydrogen) atoms. The van der Waals surface area contributed by atoms with Crippen molar-refractivity contribution in [3.8, 4) is 0 Å². The molecule has 0 aliphatic rings. The number of nitrogens with zero attached hydrogens (tertiary/aromatic N) is 2. The lowest BCUT2D eigenvalue weighted by Crippen LogP contribution is -2.16. The molecule has 0 atom stereocenters. The van der Waals surface area contributed by atoms with E-state index in [1.54, 1.807) is 24.0 Å². The SMILES string of the molecule is Cn1ccnc1C(=O)Nc1ccccc1Br. The van der Waals surface area contributed by atoms with Gasteiger partial charge in [0.1, 0.15) is 0 Å². The monoisotopic (exact) mass is 279 g/mol. The number of nitrogens with one attached hydrogen (secondary N) is 1. The number of amides is 1. The summed E-state index contributed by atoms with van der Waals surface area (Å²) < 4.78 is 2.52. The number of hydrogen-bond acceptors (Lipinski definition) is 2. The summed E-state index contributed by atoms with van der Waals surface area (Å²) in [6.07, 6.45) is 3.32. The molecule has 1 amide bonds. The summed E-state index contributed by atoms with van der Waals surface area (Å²) in [7, 11) is 1.78. The first kappa shape index (κ1) is 10.9. The summed E-state index contributed by atoms with van der Waals surface area (Å²) in [5, 5.41) is 2.78. The molecule has 1 aromatic heterocycles. The van der Waals surface area contributed by atoms with Crippen molar-refractivity contribution in [2.45, 2.75) is 0 Å². The highest BCUT2D eigenvalue weighted by Crippen LogP contribution is 2.21. The van der Waals surface area contributed by atoms with Gasteiger partial charge in [0.25, 0.3) is 5.91 Å². The number of carbonyl (C=O) groups excluding carboxylic acids is 1. The van der Waals surface area contributed by atoms with Gasteiger partial charge in [-0.25, -0.2) is 4.98 Å². The first-order valence-corrected chi connectivity index (χ1v) is 5.51.